The molecule has 0 aliphatic heterocycles. The molecule has 6 nitrogen and oxygen atoms in total. The number of nitrogens with two attached hydrogens (primary N) is 1. The van der Waals surface area contributed by atoms with Gasteiger partial charge in [0.25, 0.3) is 0 Å². The molecule has 0 heterocycles. The molecule has 7 heteroatoms. The molecular weight excluding hydrogens is 252 g/mol. The van der Waals surface area contributed by atoms with Crippen LogP contribution in [0.4, 0.5) is 11.4 Å². The van der Waals surface area contributed by atoms with Crippen LogP contribution < -0.4 is 15.4 Å². The standard InChI is InChI=1S/C11H16N4O2S/c1-14-18(16,17)11-5-4-9(8-10(11)13)15(2)7-3-6-12/h4-5,8,14H,3,7,13H2,1-2H3. The summed E-state index contributed by atoms with van der Waals surface area (Å²) in [5.41, 5.74) is 6.70. The molecular formula is C11H16N4O2S. The first-order chi connectivity index (χ1) is 8.42. The number of benzene rings is 1. The van der Waals surface area contributed by atoms with Crippen LogP contribution in [0.3, 0.4) is 0 Å². The predicted molar refractivity (Wildman–Crippen MR) is 70.6 cm³/mol. The van der Waals surface area contributed by atoms with Crippen LogP contribution in [0.5, 0.6) is 0 Å². The van der Waals surface area contributed by atoms with Gasteiger partial charge in [0.05, 0.1) is 18.2 Å². The Morgan fingerprint density at radius 1 is 1.50 bits per heavy atom. The molecule has 0 spiro atoms. The fourth-order valence-corrected chi connectivity index (χ4v) is 2.31. The first-order valence-corrected chi connectivity index (χ1v) is 6.82. The summed E-state index contributed by atoms with van der Waals surface area (Å²) in [4.78, 5) is 1.90. The van der Waals surface area contributed by atoms with E-state index in [0.717, 1.165) is 5.69 Å². The average molecular weight is 268 g/mol. The molecule has 18 heavy (non-hydrogen) atoms. The molecule has 0 saturated heterocycles. The van der Waals surface area contributed by atoms with Crippen LogP contribution in [0.1, 0.15) is 6.42 Å². The van der Waals surface area contributed by atoms with Gasteiger partial charge in [0.2, 0.25) is 10.0 Å². The number of anilines is 2. The molecule has 1 aromatic carbocycles. The normalized spacial score (nSPS) is 10.9. The second kappa shape index (κ2) is 5.71. The smallest absolute Gasteiger partial charge is 0.242 e. The van der Waals surface area contributed by atoms with E-state index in [-0.39, 0.29) is 10.6 Å². The van der Waals surface area contributed by atoms with Gasteiger partial charge >= 0.3 is 0 Å². The molecule has 1 aromatic rings. The minimum Gasteiger partial charge on any atom is -0.398 e. The van der Waals surface area contributed by atoms with Gasteiger partial charge in [-0.2, -0.15) is 5.26 Å². The highest BCUT2D eigenvalue weighted by Gasteiger charge is 2.15. The zero-order chi connectivity index (χ0) is 13.8. The molecule has 0 bridgehead atoms. The molecule has 0 unspecified atom stereocenters. The lowest BCUT2D eigenvalue weighted by Crippen LogP contribution is -2.21. The van der Waals surface area contributed by atoms with E-state index in [4.69, 9.17) is 11.0 Å². The Morgan fingerprint density at radius 3 is 2.67 bits per heavy atom. The Labute approximate surface area is 107 Å². The Morgan fingerprint density at radius 2 is 2.17 bits per heavy atom. The van der Waals surface area contributed by atoms with E-state index in [0.29, 0.717) is 13.0 Å². The lowest BCUT2D eigenvalue weighted by atomic mass is 10.2. The highest BCUT2D eigenvalue weighted by molar-refractivity contribution is 7.89. The number of nitrogens with zero attached hydrogens (tertiary/aromatic N) is 2. The van der Waals surface area contributed by atoms with Gasteiger partial charge in [0.15, 0.2) is 0 Å². The summed E-state index contributed by atoms with van der Waals surface area (Å²) in [7, 11) is -0.381. The van der Waals surface area contributed by atoms with Crippen LogP contribution in [0.25, 0.3) is 0 Å². The average Bonchev–Trinajstić information content (AvgIpc) is 2.35. The van der Waals surface area contributed by atoms with Crippen molar-refractivity contribution in [2.45, 2.75) is 11.3 Å². The number of nitrogens with one attached hydrogen (secondary N) is 1. The number of hydrogen-bond donors (Lipinski definition) is 2. The van der Waals surface area contributed by atoms with E-state index in [9.17, 15) is 8.42 Å². The Balaban J connectivity index is 3.04. The van der Waals surface area contributed by atoms with Gasteiger partial charge in [-0.25, -0.2) is 13.1 Å². The third-order valence-electron chi connectivity index (χ3n) is 2.55. The van der Waals surface area contributed by atoms with Crippen molar-refractivity contribution in [1.29, 1.82) is 5.26 Å². The molecule has 0 fully saturated rings. The SMILES string of the molecule is CNS(=O)(=O)c1ccc(N(C)CCC#N)cc1N. The minimum absolute atomic E-state index is 0.0578. The Hall–Kier alpha value is -1.78. The third-order valence-corrected chi connectivity index (χ3v) is 4.04. The Kier molecular flexibility index (Phi) is 4.53. The van der Waals surface area contributed by atoms with Gasteiger partial charge in [-0.3, -0.25) is 0 Å². The molecule has 98 valence electrons. The number of hydrogen-bond acceptors (Lipinski definition) is 5. The lowest BCUT2D eigenvalue weighted by molar-refractivity contribution is 0.588. The maximum Gasteiger partial charge on any atom is 0.242 e. The van der Waals surface area contributed by atoms with Gasteiger partial charge in [-0.05, 0) is 25.2 Å². The van der Waals surface area contributed by atoms with E-state index in [2.05, 4.69) is 4.72 Å². The zero-order valence-electron chi connectivity index (χ0n) is 10.3. The minimum atomic E-state index is -3.53. The summed E-state index contributed by atoms with van der Waals surface area (Å²) >= 11 is 0. The lowest BCUT2D eigenvalue weighted by Gasteiger charge is -2.19. The molecule has 1 rings (SSSR count). The van der Waals surface area contributed by atoms with E-state index < -0.39 is 10.0 Å². The van der Waals surface area contributed by atoms with Gasteiger partial charge in [0, 0.05) is 19.3 Å². The highest BCUT2D eigenvalue weighted by Crippen LogP contribution is 2.24. The second-order valence-electron chi connectivity index (χ2n) is 3.76. The molecule has 0 aliphatic rings. The summed E-state index contributed by atoms with van der Waals surface area (Å²) in [5, 5.41) is 8.51. The summed E-state index contributed by atoms with van der Waals surface area (Å²) in [6.45, 7) is 0.564. The molecule has 0 atom stereocenters. The fourth-order valence-electron chi connectivity index (χ4n) is 1.47. The maximum absolute atomic E-state index is 11.6. The molecule has 0 aliphatic carbocycles. The number of nitrogen functional groups attached to an aromatic ring is 1. The van der Waals surface area contributed by atoms with E-state index in [1.54, 1.807) is 12.1 Å². The van der Waals surface area contributed by atoms with Crippen LogP contribution in [0.15, 0.2) is 23.1 Å². The quantitative estimate of drug-likeness (QED) is 0.759. The maximum atomic E-state index is 11.6. The summed E-state index contributed by atoms with van der Waals surface area (Å²) in [5.74, 6) is 0. The first kappa shape index (κ1) is 14.3. The second-order valence-corrected chi connectivity index (χ2v) is 5.61. The van der Waals surface area contributed by atoms with Crippen molar-refractivity contribution in [3.05, 3.63) is 18.2 Å². The summed E-state index contributed by atoms with van der Waals surface area (Å²) in [6, 6.07) is 6.76. The van der Waals surface area contributed by atoms with Crippen molar-refractivity contribution in [2.75, 3.05) is 31.3 Å². The van der Waals surface area contributed by atoms with Crippen molar-refractivity contribution < 1.29 is 8.42 Å². The molecule has 3 N–H and O–H groups in total. The number of rotatable bonds is 5. The molecule has 0 amide bonds. The molecule has 0 saturated carbocycles. The number of nitriles is 1. The highest BCUT2D eigenvalue weighted by atomic mass is 32.2. The van der Waals surface area contributed by atoms with E-state index >= 15 is 0 Å². The summed E-state index contributed by atoms with van der Waals surface area (Å²) < 4.78 is 25.5. The van der Waals surface area contributed by atoms with Crippen LogP contribution in [-0.2, 0) is 10.0 Å². The third kappa shape index (κ3) is 3.12. The van der Waals surface area contributed by atoms with Crippen molar-refractivity contribution >= 4 is 21.4 Å². The van der Waals surface area contributed by atoms with Crippen molar-refractivity contribution in [1.82, 2.24) is 4.72 Å². The van der Waals surface area contributed by atoms with Crippen molar-refractivity contribution in [3.63, 3.8) is 0 Å². The number of sulfonamides is 1. The monoisotopic (exact) mass is 268 g/mol. The predicted octanol–water partition coefficient (Wildman–Crippen LogP) is 0.527. The van der Waals surface area contributed by atoms with Crippen LogP contribution in [0.2, 0.25) is 0 Å². The van der Waals surface area contributed by atoms with Crippen LogP contribution in [-0.4, -0.2) is 29.1 Å². The first-order valence-electron chi connectivity index (χ1n) is 5.33. The fraction of sp³-hybridized carbons (Fsp3) is 0.364. The topological polar surface area (TPSA) is 99.2 Å². The summed E-state index contributed by atoms with van der Waals surface area (Å²) in [6.07, 6.45) is 0.396. The largest absolute Gasteiger partial charge is 0.398 e. The van der Waals surface area contributed by atoms with Crippen LogP contribution in [0, 0.1) is 11.3 Å². The van der Waals surface area contributed by atoms with Crippen molar-refractivity contribution in [3.8, 4) is 6.07 Å². The van der Waals surface area contributed by atoms with Crippen molar-refractivity contribution in [2.24, 2.45) is 0 Å². The molecule has 0 radical (unpaired) electrons. The van der Waals surface area contributed by atoms with Gasteiger partial charge in [-0.1, -0.05) is 0 Å². The Bertz CT molecular complexity index is 563. The van der Waals surface area contributed by atoms with Gasteiger partial charge in [0.1, 0.15) is 4.90 Å². The zero-order valence-corrected chi connectivity index (χ0v) is 11.2. The van der Waals surface area contributed by atoms with E-state index in [1.165, 1.54) is 13.1 Å². The van der Waals surface area contributed by atoms with Gasteiger partial charge in [-0.15, -0.1) is 0 Å². The molecule has 0 aromatic heterocycles. The van der Waals surface area contributed by atoms with E-state index in [1.807, 2.05) is 18.0 Å². The van der Waals surface area contributed by atoms with Gasteiger partial charge < -0.3 is 10.6 Å². The van der Waals surface area contributed by atoms with Crippen LogP contribution >= 0.6 is 0 Å².